The van der Waals surface area contributed by atoms with E-state index >= 15 is 0 Å². The lowest BCUT2D eigenvalue weighted by atomic mass is 9.92. The molecule has 2 aliphatic heterocycles. The second kappa shape index (κ2) is 6.89. The Morgan fingerprint density at radius 1 is 1.31 bits per heavy atom. The molecule has 1 spiro atoms. The average molecular weight is 379 g/mol. The Kier molecular flexibility index (Phi) is 4.94. The molecule has 2 atom stereocenters. The van der Waals surface area contributed by atoms with Gasteiger partial charge in [-0.25, -0.2) is 4.79 Å². The van der Waals surface area contributed by atoms with Gasteiger partial charge in [0.1, 0.15) is 12.1 Å². The van der Waals surface area contributed by atoms with Gasteiger partial charge < -0.3 is 15.5 Å². The molecule has 0 radical (unpaired) electrons. The SMILES string of the molecule is CC1CN(C(=O)CN2C(=O)NC3(CCc4ccccc43)C2=O)CCN1.Cl. The molecule has 2 N–H and O–H groups in total. The average Bonchev–Trinajstić information content (AvgIpc) is 3.09. The zero-order chi connectivity index (χ0) is 17.6. The molecule has 1 aromatic rings. The molecule has 1 aliphatic carbocycles. The Balaban J connectivity index is 0.00000196. The van der Waals surface area contributed by atoms with Crippen molar-refractivity contribution in [2.24, 2.45) is 0 Å². The van der Waals surface area contributed by atoms with Gasteiger partial charge in [0.25, 0.3) is 5.91 Å². The van der Waals surface area contributed by atoms with E-state index in [1.54, 1.807) is 4.90 Å². The number of rotatable bonds is 2. The van der Waals surface area contributed by atoms with E-state index in [-0.39, 0.29) is 36.8 Å². The highest BCUT2D eigenvalue weighted by atomic mass is 35.5. The number of carbonyl (C=O) groups is 3. The van der Waals surface area contributed by atoms with E-state index in [2.05, 4.69) is 10.6 Å². The monoisotopic (exact) mass is 378 g/mol. The van der Waals surface area contributed by atoms with Gasteiger partial charge in [-0.2, -0.15) is 0 Å². The van der Waals surface area contributed by atoms with Gasteiger partial charge in [-0.1, -0.05) is 24.3 Å². The maximum absolute atomic E-state index is 13.0. The molecule has 26 heavy (non-hydrogen) atoms. The van der Waals surface area contributed by atoms with Gasteiger partial charge in [0.15, 0.2) is 0 Å². The Hall–Kier alpha value is -2.12. The zero-order valence-corrected chi connectivity index (χ0v) is 15.5. The van der Waals surface area contributed by atoms with E-state index < -0.39 is 11.6 Å². The summed E-state index contributed by atoms with van der Waals surface area (Å²) in [6.07, 6.45) is 1.30. The summed E-state index contributed by atoms with van der Waals surface area (Å²) in [5, 5.41) is 6.13. The first-order chi connectivity index (χ1) is 12.0. The Morgan fingerprint density at radius 3 is 2.85 bits per heavy atom. The van der Waals surface area contributed by atoms with Crippen molar-refractivity contribution in [3.05, 3.63) is 35.4 Å². The molecule has 2 saturated heterocycles. The van der Waals surface area contributed by atoms with Crippen molar-refractivity contribution in [2.75, 3.05) is 26.2 Å². The van der Waals surface area contributed by atoms with Gasteiger partial charge in [0.05, 0.1) is 0 Å². The summed E-state index contributed by atoms with van der Waals surface area (Å²) in [5.74, 6) is -0.487. The van der Waals surface area contributed by atoms with Crippen LogP contribution in [0.2, 0.25) is 0 Å². The van der Waals surface area contributed by atoms with Crippen molar-refractivity contribution in [3.63, 3.8) is 0 Å². The first-order valence-corrected chi connectivity index (χ1v) is 8.75. The van der Waals surface area contributed by atoms with Crippen molar-refractivity contribution < 1.29 is 14.4 Å². The third kappa shape index (κ3) is 2.85. The fourth-order valence-corrected chi connectivity index (χ4v) is 4.13. The van der Waals surface area contributed by atoms with Crippen molar-refractivity contribution in [2.45, 2.75) is 31.3 Å². The van der Waals surface area contributed by atoms with E-state index in [1.165, 1.54) is 0 Å². The normalized spacial score (nSPS) is 27.3. The van der Waals surface area contributed by atoms with Crippen LogP contribution in [-0.2, 0) is 21.5 Å². The number of urea groups is 1. The van der Waals surface area contributed by atoms with Crippen LogP contribution in [-0.4, -0.2) is 59.9 Å². The van der Waals surface area contributed by atoms with Crippen LogP contribution in [0.1, 0.15) is 24.5 Å². The van der Waals surface area contributed by atoms with Gasteiger partial charge in [-0.05, 0) is 30.9 Å². The van der Waals surface area contributed by atoms with Crippen LogP contribution < -0.4 is 10.6 Å². The second-order valence-electron chi connectivity index (χ2n) is 7.08. The van der Waals surface area contributed by atoms with Crippen LogP contribution in [0, 0.1) is 0 Å². The van der Waals surface area contributed by atoms with Gasteiger partial charge in [0.2, 0.25) is 5.91 Å². The highest BCUT2D eigenvalue weighted by Crippen LogP contribution is 2.41. The highest BCUT2D eigenvalue weighted by molar-refractivity contribution is 6.09. The van der Waals surface area contributed by atoms with E-state index in [9.17, 15) is 14.4 Å². The number of nitrogens with one attached hydrogen (secondary N) is 2. The number of imide groups is 1. The van der Waals surface area contributed by atoms with Gasteiger partial charge in [0, 0.05) is 25.7 Å². The molecule has 3 aliphatic rings. The lowest BCUT2D eigenvalue weighted by Crippen LogP contribution is -2.54. The molecule has 4 amide bonds. The predicted molar refractivity (Wildman–Crippen MR) is 98.0 cm³/mol. The molecule has 0 saturated carbocycles. The second-order valence-corrected chi connectivity index (χ2v) is 7.08. The molecule has 0 aromatic heterocycles. The van der Waals surface area contributed by atoms with Crippen LogP contribution in [0.3, 0.4) is 0 Å². The zero-order valence-electron chi connectivity index (χ0n) is 14.7. The number of hydrogen-bond acceptors (Lipinski definition) is 4. The fourth-order valence-electron chi connectivity index (χ4n) is 4.13. The van der Waals surface area contributed by atoms with E-state index in [0.29, 0.717) is 19.5 Å². The third-order valence-electron chi connectivity index (χ3n) is 5.44. The fraction of sp³-hybridized carbons (Fsp3) is 0.500. The van der Waals surface area contributed by atoms with Crippen LogP contribution in [0.5, 0.6) is 0 Å². The number of fused-ring (bicyclic) bond motifs is 2. The molecule has 0 bridgehead atoms. The molecule has 7 nitrogen and oxygen atoms in total. The topological polar surface area (TPSA) is 81.8 Å². The van der Waals surface area contributed by atoms with Crippen molar-refractivity contribution in [3.8, 4) is 0 Å². The molecular formula is C18H23ClN4O3. The van der Waals surface area contributed by atoms with Gasteiger partial charge >= 0.3 is 6.03 Å². The van der Waals surface area contributed by atoms with E-state index in [0.717, 1.165) is 29.0 Å². The molecule has 140 valence electrons. The molecule has 8 heteroatoms. The molecular weight excluding hydrogens is 356 g/mol. The van der Waals surface area contributed by atoms with Crippen LogP contribution >= 0.6 is 12.4 Å². The van der Waals surface area contributed by atoms with E-state index in [4.69, 9.17) is 0 Å². The summed E-state index contributed by atoms with van der Waals surface area (Å²) in [5.41, 5.74) is 0.949. The number of halogens is 1. The first-order valence-electron chi connectivity index (χ1n) is 8.75. The van der Waals surface area contributed by atoms with Crippen LogP contribution in [0.15, 0.2) is 24.3 Å². The van der Waals surface area contributed by atoms with Crippen molar-refractivity contribution >= 4 is 30.3 Å². The third-order valence-corrected chi connectivity index (χ3v) is 5.44. The summed E-state index contributed by atoms with van der Waals surface area (Å²) < 4.78 is 0. The van der Waals surface area contributed by atoms with Gasteiger partial charge in [-0.3, -0.25) is 14.5 Å². The summed E-state index contributed by atoms with van der Waals surface area (Å²) in [7, 11) is 0. The molecule has 1 aromatic carbocycles. The number of carbonyl (C=O) groups excluding carboxylic acids is 3. The van der Waals surface area contributed by atoms with Crippen molar-refractivity contribution in [1.82, 2.24) is 20.4 Å². The maximum atomic E-state index is 13.0. The number of nitrogens with zero attached hydrogens (tertiary/aromatic N) is 2. The number of aryl methyl sites for hydroxylation is 1. The highest BCUT2D eigenvalue weighted by Gasteiger charge is 2.55. The minimum absolute atomic E-state index is 0. The number of hydrogen-bond donors (Lipinski definition) is 2. The lowest BCUT2D eigenvalue weighted by Gasteiger charge is -2.32. The van der Waals surface area contributed by atoms with E-state index in [1.807, 2.05) is 31.2 Å². The van der Waals surface area contributed by atoms with Gasteiger partial charge in [-0.15, -0.1) is 12.4 Å². The Labute approximate surface area is 158 Å². The quantitative estimate of drug-likeness (QED) is 0.739. The summed E-state index contributed by atoms with van der Waals surface area (Å²) in [4.78, 5) is 40.9. The largest absolute Gasteiger partial charge is 0.338 e. The minimum atomic E-state index is -0.995. The summed E-state index contributed by atoms with van der Waals surface area (Å²) in [6.45, 7) is 3.74. The Bertz CT molecular complexity index is 756. The summed E-state index contributed by atoms with van der Waals surface area (Å²) in [6, 6.07) is 7.43. The molecule has 4 rings (SSSR count). The lowest BCUT2D eigenvalue weighted by molar-refractivity contribution is -0.139. The number of benzene rings is 1. The first kappa shape index (κ1) is 18.7. The minimum Gasteiger partial charge on any atom is -0.338 e. The molecule has 2 heterocycles. The van der Waals surface area contributed by atoms with Crippen LogP contribution in [0.25, 0.3) is 0 Å². The molecule has 2 unspecified atom stereocenters. The number of amides is 4. The summed E-state index contributed by atoms with van der Waals surface area (Å²) >= 11 is 0. The smallest absolute Gasteiger partial charge is 0.325 e. The number of piperazine rings is 1. The predicted octanol–water partition coefficient (Wildman–Crippen LogP) is 0.622. The van der Waals surface area contributed by atoms with Crippen molar-refractivity contribution in [1.29, 1.82) is 0 Å². The maximum Gasteiger partial charge on any atom is 0.325 e. The Morgan fingerprint density at radius 2 is 2.08 bits per heavy atom. The molecule has 2 fully saturated rings. The standard InChI is InChI=1S/C18H22N4O3.ClH/c1-12-10-21(9-8-19-12)15(23)11-22-16(24)18(20-17(22)25)7-6-13-4-2-3-5-14(13)18;/h2-5,12,19H,6-11H2,1H3,(H,20,25);1H. The van der Waals surface area contributed by atoms with Crippen LogP contribution in [0.4, 0.5) is 4.79 Å².